The van der Waals surface area contributed by atoms with E-state index in [1.165, 1.54) is 7.05 Å². The van der Waals surface area contributed by atoms with Crippen LogP contribution in [0.5, 0.6) is 0 Å². The maximum atomic E-state index is 12.6. The summed E-state index contributed by atoms with van der Waals surface area (Å²) in [5, 5.41) is 8.63. The van der Waals surface area contributed by atoms with Crippen LogP contribution in [0.3, 0.4) is 0 Å². The summed E-state index contributed by atoms with van der Waals surface area (Å²) in [5.41, 5.74) is -1.04. The van der Waals surface area contributed by atoms with Gasteiger partial charge in [0.15, 0.2) is 11.5 Å². The SMILES string of the molecule is CNc1nc(NCc2ncon2)cc(C(F)(F)F)n1. The van der Waals surface area contributed by atoms with Crippen LogP contribution in [0.1, 0.15) is 11.5 Å². The molecule has 0 aromatic carbocycles. The largest absolute Gasteiger partial charge is 0.433 e. The lowest BCUT2D eigenvalue weighted by molar-refractivity contribution is -0.141. The molecule has 102 valence electrons. The Balaban J connectivity index is 2.19. The molecule has 0 aliphatic rings. The summed E-state index contributed by atoms with van der Waals surface area (Å²) in [6.07, 6.45) is -3.42. The lowest BCUT2D eigenvalue weighted by Gasteiger charge is -2.10. The second-order valence-corrected chi connectivity index (χ2v) is 3.41. The zero-order chi connectivity index (χ0) is 13.9. The van der Waals surface area contributed by atoms with Crippen molar-refractivity contribution in [2.24, 2.45) is 0 Å². The number of rotatable bonds is 4. The predicted octanol–water partition coefficient (Wildman–Crippen LogP) is 1.53. The van der Waals surface area contributed by atoms with Gasteiger partial charge in [-0.15, -0.1) is 0 Å². The Hall–Kier alpha value is -2.39. The quantitative estimate of drug-likeness (QED) is 0.873. The first kappa shape index (κ1) is 13.1. The molecule has 2 heterocycles. The first-order valence-corrected chi connectivity index (χ1v) is 5.12. The van der Waals surface area contributed by atoms with Gasteiger partial charge in [-0.05, 0) is 0 Å². The number of hydrogen-bond acceptors (Lipinski definition) is 7. The average Bonchev–Trinajstić information content (AvgIpc) is 2.88. The number of aromatic nitrogens is 4. The van der Waals surface area contributed by atoms with E-state index >= 15 is 0 Å². The van der Waals surface area contributed by atoms with Crippen LogP contribution in [0.15, 0.2) is 17.0 Å². The van der Waals surface area contributed by atoms with E-state index in [0.29, 0.717) is 5.82 Å². The summed E-state index contributed by atoms with van der Waals surface area (Å²) in [5.74, 6) is 0.181. The van der Waals surface area contributed by atoms with Crippen molar-refractivity contribution in [3.63, 3.8) is 0 Å². The second kappa shape index (κ2) is 5.08. The third-order valence-corrected chi connectivity index (χ3v) is 2.07. The van der Waals surface area contributed by atoms with Crippen molar-refractivity contribution in [3.05, 3.63) is 24.0 Å². The molecule has 2 rings (SSSR count). The molecule has 0 saturated heterocycles. The third-order valence-electron chi connectivity index (χ3n) is 2.07. The van der Waals surface area contributed by atoms with Crippen molar-refractivity contribution in [2.75, 3.05) is 17.7 Å². The number of anilines is 2. The lowest BCUT2D eigenvalue weighted by Crippen LogP contribution is -2.13. The smallest absolute Gasteiger partial charge is 0.362 e. The highest BCUT2D eigenvalue weighted by Crippen LogP contribution is 2.29. The maximum absolute atomic E-state index is 12.6. The predicted molar refractivity (Wildman–Crippen MR) is 58.2 cm³/mol. The van der Waals surface area contributed by atoms with Gasteiger partial charge in [0, 0.05) is 13.1 Å². The highest BCUT2D eigenvalue weighted by Gasteiger charge is 2.33. The highest BCUT2D eigenvalue weighted by atomic mass is 19.4. The molecule has 2 aromatic heterocycles. The molecule has 0 saturated carbocycles. The monoisotopic (exact) mass is 274 g/mol. The fourth-order valence-electron chi connectivity index (χ4n) is 1.23. The number of hydrogen-bond donors (Lipinski definition) is 2. The molecule has 10 heteroatoms. The van der Waals surface area contributed by atoms with E-state index in [-0.39, 0.29) is 18.3 Å². The Labute approximate surface area is 105 Å². The molecule has 2 aromatic rings. The zero-order valence-electron chi connectivity index (χ0n) is 9.69. The van der Waals surface area contributed by atoms with Gasteiger partial charge in [0.1, 0.15) is 5.82 Å². The topological polar surface area (TPSA) is 88.8 Å². The minimum Gasteiger partial charge on any atom is -0.362 e. The van der Waals surface area contributed by atoms with E-state index in [0.717, 1.165) is 12.5 Å². The van der Waals surface area contributed by atoms with Gasteiger partial charge in [0.05, 0.1) is 6.54 Å². The normalized spacial score (nSPS) is 11.4. The Bertz CT molecular complexity index is 541. The van der Waals surface area contributed by atoms with Crippen molar-refractivity contribution >= 4 is 11.8 Å². The molecule has 0 amide bonds. The van der Waals surface area contributed by atoms with Gasteiger partial charge in [0.25, 0.3) is 0 Å². The molecular weight excluding hydrogens is 265 g/mol. The molecule has 0 atom stereocenters. The summed E-state index contributed by atoms with van der Waals surface area (Å²) in [7, 11) is 1.43. The van der Waals surface area contributed by atoms with Gasteiger partial charge < -0.3 is 15.2 Å². The number of halogens is 3. The molecular formula is C9H9F3N6O. The molecule has 7 nitrogen and oxygen atoms in total. The Morgan fingerprint density at radius 1 is 1.32 bits per heavy atom. The van der Waals surface area contributed by atoms with Crippen LogP contribution in [-0.4, -0.2) is 27.2 Å². The molecule has 19 heavy (non-hydrogen) atoms. The highest BCUT2D eigenvalue weighted by molar-refractivity contribution is 5.42. The lowest BCUT2D eigenvalue weighted by atomic mass is 10.3. The third kappa shape index (κ3) is 3.30. The Morgan fingerprint density at radius 3 is 2.68 bits per heavy atom. The summed E-state index contributed by atoms with van der Waals surface area (Å²) in [6.45, 7) is 0.0912. The standard InChI is InChI=1S/C9H9F3N6O/c1-13-8-16-5(9(10,11)12)2-6(17-8)14-3-7-15-4-19-18-7/h2,4H,3H2,1H3,(H2,13,14,16,17). The van der Waals surface area contributed by atoms with Crippen molar-refractivity contribution in [3.8, 4) is 0 Å². The minimum atomic E-state index is -4.54. The molecule has 0 radical (unpaired) electrons. The molecule has 0 fully saturated rings. The summed E-state index contributed by atoms with van der Waals surface area (Å²) < 4.78 is 42.3. The van der Waals surface area contributed by atoms with E-state index < -0.39 is 11.9 Å². The molecule has 0 spiro atoms. The van der Waals surface area contributed by atoms with Crippen LogP contribution in [-0.2, 0) is 12.7 Å². The van der Waals surface area contributed by atoms with Crippen LogP contribution in [0.25, 0.3) is 0 Å². The molecule has 0 aliphatic heterocycles. The fraction of sp³-hybridized carbons (Fsp3) is 0.333. The number of nitrogens with zero attached hydrogens (tertiary/aromatic N) is 4. The molecule has 0 bridgehead atoms. The number of nitrogens with one attached hydrogen (secondary N) is 2. The van der Waals surface area contributed by atoms with Crippen LogP contribution < -0.4 is 10.6 Å². The van der Waals surface area contributed by atoms with Gasteiger partial charge in [-0.3, -0.25) is 0 Å². The first-order chi connectivity index (χ1) is 8.99. The summed E-state index contributed by atoms with van der Waals surface area (Å²) >= 11 is 0. The van der Waals surface area contributed by atoms with Gasteiger partial charge in [-0.2, -0.15) is 23.1 Å². The molecule has 0 aliphatic carbocycles. The fourth-order valence-corrected chi connectivity index (χ4v) is 1.23. The Morgan fingerprint density at radius 2 is 2.11 bits per heavy atom. The maximum Gasteiger partial charge on any atom is 0.433 e. The van der Waals surface area contributed by atoms with Gasteiger partial charge in [0.2, 0.25) is 12.3 Å². The summed E-state index contributed by atoms with van der Waals surface area (Å²) in [4.78, 5) is 10.9. The Kier molecular flexibility index (Phi) is 3.49. The van der Waals surface area contributed by atoms with Crippen LogP contribution >= 0.6 is 0 Å². The molecule has 2 N–H and O–H groups in total. The number of alkyl halides is 3. The van der Waals surface area contributed by atoms with Crippen LogP contribution in [0, 0.1) is 0 Å². The average molecular weight is 274 g/mol. The molecule has 0 unspecified atom stereocenters. The van der Waals surface area contributed by atoms with E-state index in [1.54, 1.807) is 0 Å². The first-order valence-electron chi connectivity index (χ1n) is 5.12. The van der Waals surface area contributed by atoms with Crippen molar-refractivity contribution in [2.45, 2.75) is 12.7 Å². The minimum absolute atomic E-state index is 0.0106. The van der Waals surface area contributed by atoms with Crippen molar-refractivity contribution in [1.29, 1.82) is 0 Å². The van der Waals surface area contributed by atoms with E-state index in [9.17, 15) is 13.2 Å². The van der Waals surface area contributed by atoms with E-state index in [4.69, 9.17) is 0 Å². The van der Waals surface area contributed by atoms with Crippen LogP contribution in [0.4, 0.5) is 24.9 Å². The van der Waals surface area contributed by atoms with Crippen molar-refractivity contribution < 1.29 is 17.7 Å². The van der Waals surface area contributed by atoms with Gasteiger partial charge >= 0.3 is 6.18 Å². The summed E-state index contributed by atoms with van der Waals surface area (Å²) in [6, 6.07) is 0.806. The van der Waals surface area contributed by atoms with Gasteiger partial charge in [-0.25, -0.2) is 4.98 Å². The van der Waals surface area contributed by atoms with Crippen LogP contribution in [0.2, 0.25) is 0 Å². The van der Waals surface area contributed by atoms with Crippen molar-refractivity contribution in [1.82, 2.24) is 20.1 Å². The second-order valence-electron chi connectivity index (χ2n) is 3.41. The van der Waals surface area contributed by atoms with E-state index in [2.05, 4.69) is 35.3 Å². The van der Waals surface area contributed by atoms with Gasteiger partial charge in [-0.1, -0.05) is 5.16 Å². The van der Waals surface area contributed by atoms with E-state index in [1.807, 2.05) is 0 Å². The zero-order valence-corrected chi connectivity index (χ0v) is 9.69.